The fourth-order valence-corrected chi connectivity index (χ4v) is 4.35. The molecule has 3 heteroatoms. The minimum atomic E-state index is 0.370. The largest absolute Gasteiger partial charge is 0.508 e. The van der Waals surface area contributed by atoms with Crippen LogP contribution in [0.25, 0.3) is 0 Å². The Bertz CT molecular complexity index is 466. The van der Waals surface area contributed by atoms with Crippen molar-refractivity contribution in [3.63, 3.8) is 0 Å². The lowest BCUT2D eigenvalue weighted by Gasteiger charge is -2.45. The standard InChI is InChI=1S/C17H26BrNO/c1-16(2)8-14(9-17(3,4)11-16)19-10-12-7-13(18)5-6-15(12)20/h5-7,14,19-20H,8-11H2,1-4H3. The third kappa shape index (κ3) is 4.23. The summed E-state index contributed by atoms with van der Waals surface area (Å²) < 4.78 is 1.01. The molecule has 1 aromatic carbocycles. The maximum absolute atomic E-state index is 9.91. The molecule has 0 spiro atoms. The zero-order valence-electron chi connectivity index (χ0n) is 13.0. The second-order valence-corrected chi connectivity index (χ2v) is 8.68. The van der Waals surface area contributed by atoms with Crippen LogP contribution in [0.4, 0.5) is 0 Å². The number of nitrogens with one attached hydrogen (secondary N) is 1. The number of hydrogen-bond acceptors (Lipinski definition) is 2. The van der Waals surface area contributed by atoms with E-state index in [2.05, 4.69) is 48.9 Å². The Labute approximate surface area is 131 Å². The van der Waals surface area contributed by atoms with Crippen LogP contribution < -0.4 is 5.32 Å². The van der Waals surface area contributed by atoms with Crippen LogP contribution in [0.5, 0.6) is 5.75 Å². The molecule has 0 amide bonds. The summed E-state index contributed by atoms with van der Waals surface area (Å²) in [4.78, 5) is 0. The van der Waals surface area contributed by atoms with Gasteiger partial charge in [0.05, 0.1) is 0 Å². The number of benzene rings is 1. The zero-order chi connectivity index (χ0) is 15.0. The molecular formula is C17H26BrNO. The van der Waals surface area contributed by atoms with Gasteiger partial charge >= 0.3 is 0 Å². The number of phenolic OH excluding ortho intramolecular Hbond substituents is 1. The van der Waals surface area contributed by atoms with Crippen LogP contribution in [0.3, 0.4) is 0 Å². The van der Waals surface area contributed by atoms with Gasteiger partial charge in [-0.25, -0.2) is 0 Å². The minimum Gasteiger partial charge on any atom is -0.508 e. The molecule has 1 saturated carbocycles. The van der Waals surface area contributed by atoms with Gasteiger partial charge in [-0.1, -0.05) is 43.6 Å². The molecule has 0 saturated heterocycles. The summed E-state index contributed by atoms with van der Waals surface area (Å²) >= 11 is 3.46. The van der Waals surface area contributed by atoms with Crippen molar-refractivity contribution >= 4 is 15.9 Å². The lowest BCUT2D eigenvalue weighted by Crippen LogP contribution is -2.43. The average Bonchev–Trinajstić information content (AvgIpc) is 2.26. The molecule has 0 unspecified atom stereocenters. The molecular weight excluding hydrogens is 314 g/mol. The van der Waals surface area contributed by atoms with Crippen molar-refractivity contribution in [1.82, 2.24) is 5.32 Å². The Morgan fingerprint density at radius 2 is 1.80 bits per heavy atom. The number of hydrogen-bond donors (Lipinski definition) is 2. The molecule has 1 aromatic rings. The van der Waals surface area contributed by atoms with Crippen LogP contribution in [0, 0.1) is 10.8 Å². The number of halogens is 1. The molecule has 112 valence electrons. The van der Waals surface area contributed by atoms with E-state index in [-0.39, 0.29) is 0 Å². The SMILES string of the molecule is CC1(C)CC(NCc2cc(Br)ccc2O)CC(C)(C)C1. The Morgan fingerprint density at radius 3 is 2.40 bits per heavy atom. The van der Waals surface area contributed by atoms with Crippen molar-refractivity contribution < 1.29 is 5.11 Å². The third-order valence-electron chi connectivity index (χ3n) is 4.18. The summed E-state index contributed by atoms with van der Waals surface area (Å²) in [5, 5.41) is 13.5. The molecule has 0 heterocycles. The normalized spacial score (nSPS) is 21.9. The van der Waals surface area contributed by atoms with Gasteiger partial charge in [0.25, 0.3) is 0 Å². The first-order chi connectivity index (χ1) is 9.17. The predicted octanol–water partition coefficient (Wildman–Crippen LogP) is 4.85. The smallest absolute Gasteiger partial charge is 0.120 e. The summed E-state index contributed by atoms with van der Waals surface area (Å²) in [6.45, 7) is 10.2. The van der Waals surface area contributed by atoms with E-state index in [9.17, 15) is 5.11 Å². The van der Waals surface area contributed by atoms with E-state index in [1.807, 2.05) is 12.1 Å². The number of rotatable bonds is 3. The Kier molecular flexibility index (Phi) is 4.50. The van der Waals surface area contributed by atoms with E-state index in [0.29, 0.717) is 22.6 Å². The van der Waals surface area contributed by atoms with Gasteiger partial charge in [0, 0.05) is 22.6 Å². The van der Waals surface area contributed by atoms with Crippen LogP contribution in [0.2, 0.25) is 0 Å². The predicted molar refractivity (Wildman–Crippen MR) is 87.8 cm³/mol. The van der Waals surface area contributed by atoms with Crippen molar-refractivity contribution in [2.45, 2.75) is 59.5 Å². The monoisotopic (exact) mass is 339 g/mol. The van der Waals surface area contributed by atoms with E-state index < -0.39 is 0 Å². The molecule has 0 atom stereocenters. The highest BCUT2D eigenvalue weighted by Crippen LogP contribution is 2.45. The van der Waals surface area contributed by atoms with Crippen molar-refractivity contribution in [3.8, 4) is 5.75 Å². The van der Waals surface area contributed by atoms with Gasteiger partial charge < -0.3 is 10.4 Å². The topological polar surface area (TPSA) is 32.3 Å². The third-order valence-corrected chi connectivity index (χ3v) is 4.67. The summed E-state index contributed by atoms with van der Waals surface area (Å²) in [7, 11) is 0. The summed E-state index contributed by atoms with van der Waals surface area (Å²) in [5.74, 6) is 0.370. The van der Waals surface area contributed by atoms with Crippen molar-refractivity contribution in [2.24, 2.45) is 10.8 Å². The van der Waals surface area contributed by atoms with Gasteiger partial charge in [-0.15, -0.1) is 0 Å². The maximum atomic E-state index is 9.91. The molecule has 1 fully saturated rings. The highest BCUT2D eigenvalue weighted by Gasteiger charge is 2.38. The molecule has 0 aromatic heterocycles. The van der Waals surface area contributed by atoms with E-state index >= 15 is 0 Å². The van der Waals surface area contributed by atoms with Crippen LogP contribution >= 0.6 is 15.9 Å². The second kappa shape index (κ2) is 5.69. The first-order valence-electron chi connectivity index (χ1n) is 7.38. The molecule has 2 N–H and O–H groups in total. The molecule has 20 heavy (non-hydrogen) atoms. The quantitative estimate of drug-likeness (QED) is 0.824. The van der Waals surface area contributed by atoms with Crippen LogP contribution in [0.1, 0.15) is 52.5 Å². The Balaban J connectivity index is 2.01. The lowest BCUT2D eigenvalue weighted by atomic mass is 9.63. The van der Waals surface area contributed by atoms with Gasteiger partial charge in [-0.2, -0.15) is 0 Å². The summed E-state index contributed by atoms with van der Waals surface area (Å²) in [6, 6.07) is 6.12. The number of phenols is 1. The first kappa shape index (κ1) is 15.8. The fraction of sp³-hybridized carbons (Fsp3) is 0.647. The lowest BCUT2D eigenvalue weighted by molar-refractivity contribution is 0.0844. The van der Waals surface area contributed by atoms with E-state index in [4.69, 9.17) is 0 Å². The highest BCUT2D eigenvalue weighted by molar-refractivity contribution is 9.10. The van der Waals surface area contributed by atoms with E-state index in [0.717, 1.165) is 16.6 Å². The fourth-order valence-electron chi connectivity index (χ4n) is 3.94. The van der Waals surface area contributed by atoms with Crippen LogP contribution in [-0.4, -0.2) is 11.1 Å². The van der Waals surface area contributed by atoms with E-state index in [1.54, 1.807) is 6.07 Å². The molecule has 2 nitrogen and oxygen atoms in total. The molecule has 1 aliphatic carbocycles. The summed E-state index contributed by atoms with van der Waals surface area (Å²) in [5.41, 5.74) is 1.73. The maximum Gasteiger partial charge on any atom is 0.120 e. The first-order valence-corrected chi connectivity index (χ1v) is 8.17. The second-order valence-electron chi connectivity index (χ2n) is 7.76. The Morgan fingerprint density at radius 1 is 1.20 bits per heavy atom. The molecule has 2 rings (SSSR count). The van der Waals surface area contributed by atoms with Gasteiger partial charge in [-0.3, -0.25) is 0 Å². The summed E-state index contributed by atoms with van der Waals surface area (Å²) in [6.07, 6.45) is 3.68. The molecule has 0 aliphatic heterocycles. The zero-order valence-corrected chi connectivity index (χ0v) is 14.5. The van der Waals surface area contributed by atoms with E-state index in [1.165, 1.54) is 19.3 Å². The van der Waals surface area contributed by atoms with Gasteiger partial charge in [-0.05, 0) is 48.3 Å². The van der Waals surface area contributed by atoms with Gasteiger partial charge in [0.2, 0.25) is 0 Å². The molecule has 0 radical (unpaired) electrons. The highest BCUT2D eigenvalue weighted by atomic mass is 79.9. The molecule has 1 aliphatic rings. The van der Waals surface area contributed by atoms with Gasteiger partial charge in [0.1, 0.15) is 5.75 Å². The van der Waals surface area contributed by atoms with Crippen molar-refractivity contribution in [3.05, 3.63) is 28.2 Å². The average molecular weight is 340 g/mol. The van der Waals surface area contributed by atoms with Crippen molar-refractivity contribution in [1.29, 1.82) is 0 Å². The van der Waals surface area contributed by atoms with Gasteiger partial charge in [0.15, 0.2) is 0 Å². The van der Waals surface area contributed by atoms with Crippen LogP contribution in [0.15, 0.2) is 22.7 Å². The minimum absolute atomic E-state index is 0.370. The van der Waals surface area contributed by atoms with Crippen LogP contribution in [-0.2, 0) is 6.54 Å². The van der Waals surface area contributed by atoms with Crippen molar-refractivity contribution in [2.75, 3.05) is 0 Å². The Hall–Kier alpha value is -0.540. The number of aromatic hydroxyl groups is 1. The molecule has 0 bridgehead atoms.